The Hall–Kier alpha value is -3.16. The van der Waals surface area contributed by atoms with Crippen LogP contribution in [0.5, 0.6) is 0 Å². The molecule has 1 aromatic carbocycles. The highest BCUT2D eigenvalue weighted by Crippen LogP contribution is 2.31. The lowest BCUT2D eigenvalue weighted by atomic mass is 10.2. The predicted molar refractivity (Wildman–Crippen MR) is 120 cm³/mol. The number of carbonyl (C=O) groups excluding carboxylic acids is 3. The number of esters is 1. The molecule has 0 saturated carbocycles. The van der Waals surface area contributed by atoms with Gasteiger partial charge in [0.05, 0.1) is 7.11 Å². The summed E-state index contributed by atoms with van der Waals surface area (Å²) in [7, 11) is 1.22. The number of nitrogens with one attached hydrogen (secondary N) is 2. The average Bonchev–Trinajstić information content (AvgIpc) is 3.20. The maximum atomic E-state index is 12.6. The summed E-state index contributed by atoms with van der Waals surface area (Å²) in [6.07, 6.45) is 3.38. The molecule has 30 heavy (non-hydrogen) atoms. The third kappa shape index (κ3) is 6.43. The van der Waals surface area contributed by atoms with E-state index in [1.54, 1.807) is 36.4 Å². The largest absolute Gasteiger partial charge is 0.468 e. The van der Waals surface area contributed by atoms with E-state index in [-0.39, 0.29) is 12.2 Å². The van der Waals surface area contributed by atoms with Gasteiger partial charge >= 0.3 is 5.97 Å². The lowest BCUT2D eigenvalue weighted by Gasteiger charge is -2.10. The van der Waals surface area contributed by atoms with E-state index in [2.05, 4.69) is 21.9 Å². The molecule has 0 bridgehead atoms. The van der Waals surface area contributed by atoms with Crippen LogP contribution in [0.25, 0.3) is 11.6 Å². The molecule has 1 heterocycles. The highest BCUT2D eigenvalue weighted by Gasteiger charge is 2.16. The van der Waals surface area contributed by atoms with Gasteiger partial charge in [-0.3, -0.25) is 14.4 Å². The molecule has 6 nitrogen and oxygen atoms in total. The van der Waals surface area contributed by atoms with E-state index < -0.39 is 17.8 Å². The highest BCUT2D eigenvalue weighted by atomic mass is 35.5. The monoisotopic (exact) mass is 444 g/mol. The van der Waals surface area contributed by atoms with Gasteiger partial charge in [0, 0.05) is 25.9 Å². The summed E-state index contributed by atoms with van der Waals surface area (Å²) in [6, 6.07) is 12.1. The van der Waals surface area contributed by atoms with Crippen LogP contribution in [0.15, 0.2) is 65.8 Å². The number of hydrogen-bond donors (Lipinski definition) is 2. The Morgan fingerprint density at radius 1 is 1.17 bits per heavy atom. The van der Waals surface area contributed by atoms with E-state index in [0.717, 1.165) is 10.5 Å². The van der Waals surface area contributed by atoms with E-state index in [4.69, 9.17) is 11.6 Å². The number of benzene rings is 1. The molecule has 0 atom stereocenters. The van der Waals surface area contributed by atoms with Gasteiger partial charge in [-0.25, -0.2) is 0 Å². The first-order valence-electron chi connectivity index (χ1n) is 8.90. The number of amides is 2. The molecular weight excluding hydrogens is 424 g/mol. The maximum Gasteiger partial charge on any atom is 0.325 e. The van der Waals surface area contributed by atoms with Gasteiger partial charge in [-0.15, -0.1) is 11.3 Å². The van der Waals surface area contributed by atoms with Crippen molar-refractivity contribution < 1.29 is 19.1 Å². The summed E-state index contributed by atoms with van der Waals surface area (Å²) >= 11 is 7.41. The van der Waals surface area contributed by atoms with E-state index in [1.165, 1.54) is 24.5 Å². The normalized spacial score (nSPS) is 11.6. The number of carbonyl (C=O) groups is 3. The summed E-state index contributed by atoms with van der Waals surface area (Å²) in [4.78, 5) is 38.1. The minimum atomic E-state index is -0.618. The van der Waals surface area contributed by atoms with Crippen molar-refractivity contribution in [3.05, 3.63) is 81.2 Å². The Bertz CT molecular complexity index is 1010. The molecule has 1 aromatic heterocycles. The summed E-state index contributed by atoms with van der Waals surface area (Å²) < 4.78 is 4.53. The Morgan fingerprint density at radius 2 is 1.87 bits per heavy atom. The Balaban J connectivity index is 2.31. The molecule has 0 aliphatic carbocycles. The lowest BCUT2D eigenvalue weighted by Crippen LogP contribution is -2.37. The molecule has 0 aliphatic heterocycles. The second-order valence-electron chi connectivity index (χ2n) is 5.95. The summed E-state index contributed by atoms with van der Waals surface area (Å²) in [6.45, 7) is 5.28. The van der Waals surface area contributed by atoms with Crippen molar-refractivity contribution in [3.63, 3.8) is 0 Å². The van der Waals surface area contributed by atoms with E-state index in [0.29, 0.717) is 15.5 Å². The second-order valence-corrected chi connectivity index (χ2v) is 7.52. The molecule has 0 aliphatic rings. The molecule has 2 amide bonds. The summed E-state index contributed by atoms with van der Waals surface area (Å²) in [5.41, 5.74) is 1.17. The molecule has 0 spiro atoms. The van der Waals surface area contributed by atoms with Crippen LogP contribution >= 0.6 is 22.9 Å². The van der Waals surface area contributed by atoms with Crippen LogP contribution in [0.3, 0.4) is 0 Å². The molecule has 2 rings (SSSR count). The quantitative estimate of drug-likeness (QED) is 0.366. The number of methoxy groups -OCH3 is 1. The van der Waals surface area contributed by atoms with Gasteiger partial charge in [-0.1, -0.05) is 42.5 Å². The number of hydrogen-bond acceptors (Lipinski definition) is 5. The van der Waals surface area contributed by atoms with Crippen molar-refractivity contribution in [2.75, 3.05) is 13.7 Å². The molecule has 8 heteroatoms. The third-order valence-corrected chi connectivity index (χ3v) is 5.18. The van der Waals surface area contributed by atoms with Gasteiger partial charge in [0.1, 0.15) is 12.2 Å². The summed E-state index contributed by atoms with van der Waals surface area (Å²) in [5.74, 6) is -1.67. The molecule has 0 unspecified atom stereocenters. The topological polar surface area (TPSA) is 84.5 Å². The zero-order chi connectivity index (χ0) is 22.1. The Morgan fingerprint density at radius 3 is 2.47 bits per heavy atom. The molecule has 0 saturated heterocycles. The smallest absolute Gasteiger partial charge is 0.325 e. The predicted octanol–water partition coefficient (Wildman–Crippen LogP) is 3.96. The van der Waals surface area contributed by atoms with Crippen LogP contribution < -0.4 is 10.6 Å². The van der Waals surface area contributed by atoms with Crippen LogP contribution in [-0.4, -0.2) is 31.4 Å². The Labute approximate surface area is 183 Å². The van der Waals surface area contributed by atoms with Gasteiger partial charge in [0.15, 0.2) is 0 Å². The number of halogens is 1. The Kier molecular flexibility index (Phi) is 8.58. The first kappa shape index (κ1) is 23.1. The van der Waals surface area contributed by atoms with Crippen LogP contribution in [0.2, 0.25) is 0 Å². The molecule has 2 N–H and O–H groups in total. The first-order chi connectivity index (χ1) is 14.3. The number of thiophene rings is 1. The van der Waals surface area contributed by atoms with E-state index >= 15 is 0 Å². The fourth-order valence-electron chi connectivity index (χ4n) is 2.41. The van der Waals surface area contributed by atoms with E-state index in [9.17, 15) is 14.4 Å². The molecule has 156 valence electrons. The maximum absolute atomic E-state index is 12.6. The molecule has 0 radical (unpaired) electrons. The van der Waals surface area contributed by atoms with Crippen molar-refractivity contribution in [3.8, 4) is 0 Å². The van der Waals surface area contributed by atoms with Crippen molar-refractivity contribution >= 4 is 52.4 Å². The van der Waals surface area contributed by atoms with Crippen LogP contribution in [-0.2, 0) is 14.3 Å². The fourth-order valence-corrected chi connectivity index (χ4v) is 3.73. The lowest BCUT2D eigenvalue weighted by molar-refractivity contribution is -0.140. The standard InChI is InChI=1S/C22H21ClN2O4S/c1-4-17(14(2)23)19-11-10-16(30-19)12-18(22(28)24-13-20(26)29-3)25-21(27)15-8-6-5-7-9-15/h4-12H,2,13H2,1,3H3,(H,24,28)(H,25,27)/b17-4+,18-12-. The fraction of sp³-hybridized carbons (Fsp3) is 0.136. The van der Waals surface area contributed by atoms with Crippen LogP contribution in [0.1, 0.15) is 27.0 Å². The minimum absolute atomic E-state index is 0.00659. The SMILES string of the molecule is C=C(Cl)/C(=C\C)c1ccc(/C=C(\NC(=O)c2ccccc2)C(=O)NCC(=O)OC)s1. The van der Waals surface area contributed by atoms with Gasteiger partial charge < -0.3 is 15.4 Å². The van der Waals surface area contributed by atoms with Crippen molar-refractivity contribution in [2.45, 2.75) is 6.92 Å². The number of rotatable bonds is 8. The van der Waals surface area contributed by atoms with Gasteiger partial charge in [-0.2, -0.15) is 0 Å². The molecular formula is C22H21ClN2O4S. The average molecular weight is 445 g/mol. The van der Waals surface area contributed by atoms with Crippen LogP contribution in [0.4, 0.5) is 0 Å². The van der Waals surface area contributed by atoms with Gasteiger partial charge in [0.25, 0.3) is 11.8 Å². The zero-order valence-electron chi connectivity index (χ0n) is 16.5. The van der Waals surface area contributed by atoms with Gasteiger partial charge in [-0.05, 0) is 37.3 Å². The minimum Gasteiger partial charge on any atom is -0.468 e. The third-order valence-electron chi connectivity index (χ3n) is 3.91. The highest BCUT2D eigenvalue weighted by molar-refractivity contribution is 7.14. The van der Waals surface area contributed by atoms with Crippen LogP contribution in [0, 0.1) is 0 Å². The van der Waals surface area contributed by atoms with Crippen molar-refractivity contribution in [2.24, 2.45) is 0 Å². The number of allylic oxidation sites excluding steroid dienone is 3. The second kappa shape index (κ2) is 11.1. The van der Waals surface area contributed by atoms with Crippen molar-refractivity contribution in [1.29, 1.82) is 0 Å². The summed E-state index contributed by atoms with van der Waals surface area (Å²) in [5, 5.41) is 5.44. The van der Waals surface area contributed by atoms with Gasteiger partial charge in [0.2, 0.25) is 0 Å². The number of ether oxygens (including phenoxy) is 1. The first-order valence-corrected chi connectivity index (χ1v) is 10.1. The molecule has 2 aromatic rings. The zero-order valence-corrected chi connectivity index (χ0v) is 18.1. The van der Waals surface area contributed by atoms with E-state index in [1.807, 2.05) is 19.1 Å². The van der Waals surface area contributed by atoms with Crippen molar-refractivity contribution in [1.82, 2.24) is 10.6 Å². The molecule has 0 fully saturated rings.